The van der Waals surface area contributed by atoms with E-state index in [1.54, 1.807) is 6.92 Å². The van der Waals surface area contributed by atoms with Crippen molar-refractivity contribution in [2.75, 3.05) is 5.73 Å². The van der Waals surface area contributed by atoms with E-state index in [9.17, 15) is 4.39 Å². The van der Waals surface area contributed by atoms with Crippen molar-refractivity contribution in [3.05, 3.63) is 27.4 Å². The first-order valence-electron chi connectivity index (χ1n) is 4.12. The molecule has 0 atom stereocenters. The number of thiophene rings is 1. The zero-order chi connectivity index (χ0) is 11.0. The molecule has 6 heteroatoms. The molecule has 0 radical (unpaired) electrons. The second-order valence-corrected chi connectivity index (χ2v) is 4.70. The van der Waals surface area contributed by atoms with Crippen molar-refractivity contribution in [3.63, 3.8) is 0 Å². The normalized spacial score (nSPS) is 10.6. The number of aromatic nitrogens is 2. The Kier molecular flexibility index (Phi) is 2.70. The summed E-state index contributed by atoms with van der Waals surface area (Å²) >= 11 is 4.84. The molecule has 3 nitrogen and oxygen atoms in total. The van der Waals surface area contributed by atoms with Gasteiger partial charge in [0.2, 0.25) is 0 Å². The average molecular weight is 288 g/mol. The van der Waals surface area contributed by atoms with Gasteiger partial charge in [-0.25, -0.2) is 14.4 Å². The first-order chi connectivity index (χ1) is 7.09. The number of nitrogens with two attached hydrogens (primary N) is 1. The lowest BCUT2D eigenvalue weighted by Crippen LogP contribution is -2.02. The summed E-state index contributed by atoms with van der Waals surface area (Å²) in [5.74, 6) is -0.211. The van der Waals surface area contributed by atoms with Crippen LogP contribution >= 0.6 is 27.3 Å². The SMILES string of the molecule is Cc1nc(-c2sccc2Br)nc(N)c1F. The Balaban J connectivity index is 2.60. The van der Waals surface area contributed by atoms with Gasteiger partial charge in [-0.3, -0.25) is 0 Å². The summed E-state index contributed by atoms with van der Waals surface area (Å²) in [6, 6.07) is 1.89. The van der Waals surface area contributed by atoms with Crippen LogP contribution in [0.2, 0.25) is 0 Å². The zero-order valence-electron chi connectivity index (χ0n) is 7.79. The molecule has 2 aromatic heterocycles. The highest BCUT2D eigenvalue weighted by atomic mass is 79.9. The van der Waals surface area contributed by atoms with Crippen LogP contribution < -0.4 is 5.73 Å². The number of hydrogen-bond acceptors (Lipinski definition) is 4. The molecular weight excluding hydrogens is 281 g/mol. The van der Waals surface area contributed by atoms with Crippen molar-refractivity contribution in [2.24, 2.45) is 0 Å². The molecule has 0 aliphatic heterocycles. The molecule has 0 fully saturated rings. The summed E-state index contributed by atoms with van der Waals surface area (Å²) in [7, 11) is 0. The fourth-order valence-corrected chi connectivity index (χ4v) is 2.62. The number of hydrogen-bond donors (Lipinski definition) is 1. The Bertz CT molecular complexity index is 489. The zero-order valence-corrected chi connectivity index (χ0v) is 10.2. The number of rotatable bonds is 1. The van der Waals surface area contributed by atoms with Gasteiger partial charge in [0.15, 0.2) is 17.5 Å². The number of halogens is 2. The average Bonchev–Trinajstić information content (AvgIpc) is 2.60. The minimum absolute atomic E-state index is 0.113. The van der Waals surface area contributed by atoms with Crippen molar-refractivity contribution in [2.45, 2.75) is 6.92 Å². The van der Waals surface area contributed by atoms with Crippen molar-refractivity contribution < 1.29 is 4.39 Å². The predicted octanol–water partition coefficient (Wildman–Crippen LogP) is 3.00. The third-order valence-electron chi connectivity index (χ3n) is 1.86. The van der Waals surface area contributed by atoms with Crippen LogP contribution in [0.5, 0.6) is 0 Å². The second kappa shape index (κ2) is 3.86. The van der Waals surface area contributed by atoms with Gasteiger partial charge in [0.25, 0.3) is 0 Å². The lowest BCUT2D eigenvalue weighted by molar-refractivity contribution is 0.608. The maximum Gasteiger partial charge on any atom is 0.186 e. The van der Waals surface area contributed by atoms with Gasteiger partial charge >= 0.3 is 0 Å². The molecule has 0 saturated heterocycles. The molecule has 0 aromatic carbocycles. The van der Waals surface area contributed by atoms with Crippen LogP contribution in [0.25, 0.3) is 10.7 Å². The van der Waals surface area contributed by atoms with E-state index >= 15 is 0 Å². The molecule has 0 spiro atoms. The third kappa shape index (κ3) is 1.87. The lowest BCUT2D eigenvalue weighted by Gasteiger charge is -2.03. The molecule has 2 heterocycles. The Morgan fingerprint density at radius 1 is 1.47 bits per heavy atom. The van der Waals surface area contributed by atoms with Crippen LogP contribution in [0.4, 0.5) is 10.2 Å². The Morgan fingerprint density at radius 2 is 2.20 bits per heavy atom. The number of nitrogens with zero attached hydrogens (tertiary/aromatic N) is 2. The minimum Gasteiger partial charge on any atom is -0.381 e. The fraction of sp³-hybridized carbons (Fsp3) is 0.111. The van der Waals surface area contributed by atoms with E-state index in [0.29, 0.717) is 5.82 Å². The van der Waals surface area contributed by atoms with Crippen molar-refractivity contribution >= 4 is 33.1 Å². The van der Waals surface area contributed by atoms with E-state index in [4.69, 9.17) is 5.73 Å². The maximum absolute atomic E-state index is 13.2. The highest BCUT2D eigenvalue weighted by molar-refractivity contribution is 9.10. The summed E-state index contributed by atoms with van der Waals surface area (Å²) in [5.41, 5.74) is 5.70. The molecule has 2 rings (SSSR count). The molecule has 0 aliphatic carbocycles. The van der Waals surface area contributed by atoms with Gasteiger partial charge < -0.3 is 5.73 Å². The van der Waals surface area contributed by atoms with Crippen molar-refractivity contribution in [3.8, 4) is 10.7 Å². The largest absolute Gasteiger partial charge is 0.381 e. The minimum atomic E-state index is -0.550. The molecule has 15 heavy (non-hydrogen) atoms. The summed E-state index contributed by atoms with van der Waals surface area (Å²) < 4.78 is 14.1. The highest BCUT2D eigenvalue weighted by Gasteiger charge is 2.13. The molecule has 0 unspecified atom stereocenters. The van der Waals surface area contributed by atoms with Gasteiger partial charge in [0.1, 0.15) is 0 Å². The summed E-state index contributed by atoms with van der Waals surface area (Å²) in [6.45, 7) is 1.57. The topological polar surface area (TPSA) is 51.8 Å². The molecule has 78 valence electrons. The van der Waals surface area contributed by atoms with E-state index in [2.05, 4.69) is 25.9 Å². The molecule has 0 bridgehead atoms. The van der Waals surface area contributed by atoms with Crippen LogP contribution in [0.15, 0.2) is 15.9 Å². The van der Waals surface area contributed by atoms with Crippen molar-refractivity contribution in [1.82, 2.24) is 9.97 Å². The molecule has 2 aromatic rings. The number of aryl methyl sites for hydroxylation is 1. The van der Waals surface area contributed by atoms with Crippen LogP contribution in [0.3, 0.4) is 0 Å². The van der Waals surface area contributed by atoms with E-state index in [-0.39, 0.29) is 11.5 Å². The molecule has 0 saturated carbocycles. The van der Waals surface area contributed by atoms with Gasteiger partial charge in [-0.1, -0.05) is 0 Å². The quantitative estimate of drug-likeness (QED) is 0.877. The standard InChI is InChI=1S/C9H7BrFN3S/c1-4-6(11)8(12)14-9(13-4)7-5(10)2-3-15-7/h2-3H,1H3,(H2,12,13,14). The first-order valence-corrected chi connectivity index (χ1v) is 5.80. The van der Waals surface area contributed by atoms with Crippen LogP contribution in [0.1, 0.15) is 5.69 Å². The summed E-state index contributed by atoms with van der Waals surface area (Å²) in [5, 5.41) is 1.90. The Labute approximate surface area is 98.3 Å². The predicted molar refractivity (Wildman–Crippen MR) is 62.2 cm³/mol. The fourth-order valence-electron chi connectivity index (χ4n) is 1.14. The van der Waals surface area contributed by atoms with E-state index in [1.807, 2.05) is 11.4 Å². The van der Waals surface area contributed by atoms with E-state index in [1.165, 1.54) is 11.3 Å². The molecular formula is C9H7BrFN3S. The summed E-state index contributed by atoms with van der Waals surface area (Å²) in [4.78, 5) is 8.81. The van der Waals surface area contributed by atoms with Gasteiger partial charge in [-0.15, -0.1) is 11.3 Å². The number of nitrogen functional groups attached to an aromatic ring is 1. The van der Waals surface area contributed by atoms with E-state index < -0.39 is 5.82 Å². The van der Waals surface area contributed by atoms with Gasteiger partial charge in [0.05, 0.1) is 10.6 Å². The van der Waals surface area contributed by atoms with Crippen LogP contribution in [-0.2, 0) is 0 Å². The molecule has 0 aliphatic rings. The van der Waals surface area contributed by atoms with E-state index in [0.717, 1.165) is 9.35 Å². The number of anilines is 1. The maximum atomic E-state index is 13.2. The lowest BCUT2D eigenvalue weighted by atomic mass is 10.3. The smallest absolute Gasteiger partial charge is 0.186 e. The monoisotopic (exact) mass is 287 g/mol. The summed E-state index contributed by atoms with van der Waals surface area (Å²) in [6.07, 6.45) is 0. The van der Waals surface area contributed by atoms with Crippen LogP contribution in [0, 0.1) is 12.7 Å². The Hall–Kier alpha value is -1.01. The third-order valence-corrected chi connectivity index (χ3v) is 3.70. The highest BCUT2D eigenvalue weighted by Crippen LogP contribution is 2.32. The first kappa shape index (κ1) is 10.5. The van der Waals surface area contributed by atoms with Gasteiger partial charge in [-0.2, -0.15) is 0 Å². The second-order valence-electron chi connectivity index (χ2n) is 2.93. The van der Waals surface area contributed by atoms with Gasteiger partial charge in [0, 0.05) is 4.47 Å². The van der Waals surface area contributed by atoms with Crippen molar-refractivity contribution in [1.29, 1.82) is 0 Å². The molecule has 2 N–H and O–H groups in total. The van der Waals surface area contributed by atoms with Gasteiger partial charge in [-0.05, 0) is 34.3 Å². The van der Waals surface area contributed by atoms with Crippen LogP contribution in [-0.4, -0.2) is 9.97 Å². The Morgan fingerprint density at radius 3 is 2.73 bits per heavy atom. The molecule has 0 amide bonds.